The first-order valence-corrected chi connectivity index (χ1v) is 3.76. The topological polar surface area (TPSA) is 46.5 Å². The molecule has 0 spiro atoms. The van der Waals surface area contributed by atoms with Crippen LogP contribution in [0.5, 0.6) is 5.75 Å². The normalized spacial score (nSPS) is 11.0. The molecule has 0 aromatic heterocycles. The molecule has 3 nitrogen and oxygen atoms in total. The molecule has 0 bridgehead atoms. The van der Waals surface area contributed by atoms with Gasteiger partial charge in [-0.15, -0.1) is 0 Å². The molecule has 0 aliphatic rings. The van der Waals surface area contributed by atoms with Crippen LogP contribution in [0.3, 0.4) is 0 Å². The number of carbonyl (C=O) groups excluding carboxylic acids is 1. The Balaban J connectivity index is 3.19. The number of allylic oxidation sites excluding steroid dienone is 1. The molecule has 1 rings (SSSR count). The Hall–Kier alpha value is -1.77. The standard InChI is InChI=1S/C10H10O3/c1-13-10-5-3-2-4-9(10)8(6-11)7-12/h2-7,11H,1H3/b8-6+. The van der Waals surface area contributed by atoms with Crippen LogP contribution in [0.2, 0.25) is 0 Å². The molecule has 0 aliphatic heterocycles. The number of ether oxygens (including phenoxy) is 1. The van der Waals surface area contributed by atoms with E-state index in [9.17, 15) is 4.79 Å². The highest BCUT2D eigenvalue weighted by Crippen LogP contribution is 2.23. The number of para-hydroxylation sites is 1. The van der Waals surface area contributed by atoms with Crippen LogP contribution in [-0.4, -0.2) is 18.5 Å². The fraction of sp³-hybridized carbons (Fsp3) is 0.100. The van der Waals surface area contributed by atoms with Gasteiger partial charge in [-0.05, 0) is 6.07 Å². The third-order valence-corrected chi connectivity index (χ3v) is 1.68. The van der Waals surface area contributed by atoms with E-state index in [1.54, 1.807) is 24.3 Å². The van der Waals surface area contributed by atoms with Crippen molar-refractivity contribution >= 4 is 11.9 Å². The van der Waals surface area contributed by atoms with Gasteiger partial charge in [-0.1, -0.05) is 18.2 Å². The molecule has 0 saturated heterocycles. The van der Waals surface area contributed by atoms with Crippen LogP contribution in [0, 0.1) is 0 Å². The average molecular weight is 178 g/mol. The second-order valence-corrected chi connectivity index (χ2v) is 2.40. The summed E-state index contributed by atoms with van der Waals surface area (Å²) in [5.74, 6) is 0.565. The molecule has 0 heterocycles. The number of aliphatic hydroxyl groups is 1. The second-order valence-electron chi connectivity index (χ2n) is 2.40. The number of aliphatic hydroxyl groups excluding tert-OH is 1. The highest BCUT2D eigenvalue weighted by Gasteiger charge is 2.05. The fourth-order valence-corrected chi connectivity index (χ4v) is 1.05. The molecule has 68 valence electrons. The molecule has 1 aromatic rings. The van der Waals surface area contributed by atoms with Gasteiger partial charge in [-0.25, -0.2) is 0 Å². The zero-order valence-electron chi connectivity index (χ0n) is 7.23. The lowest BCUT2D eigenvalue weighted by molar-refractivity contribution is -0.103. The smallest absolute Gasteiger partial charge is 0.153 e. The van der Waals surface area contributed by atoms with E-state index in [0.29, 0.717) is 17.6 Å². The summed E-state index contributed by atoms with van der Waals surface area (Å²) >= 11 is 0. The fourth-order valence-electron chi connectivity index (χ4n) is 1.05. The van der Waals surface area contributed by atoms with E-state index in [2.05, 4.69) is 0 Å². The summed E-state index contributed by atoms with van der Waals surface area (Å²) in [4.78, 5) is 10.5. The summed E-state index contributed by atoms with van der Waals surface area (Å²) < 4.78 is 5.02. The Morgan fingerprint density at radius 1 is 1.46 bits per heavy atom. The van der Waals surface area contributed by atoms with E-state index in [4.69, 9.17) is 9.84 Å². The number of hydrogen-bond donors (Lipinski definition) is 1. The van der Waals surface area contributed by atoms with Gasteiger partial charge >= 0.3 is 0 Å². The Labute approximate surface area is 76.3 Å². The van der Waals surface area contributed by atoms with Crippen LogP contribution < -0.4 is 4.74 Å². The number of aldehydes is 1. The molecular weight excluding hydrogens is 168 g/mol. The molecule has 13 heavy (non-hydrogen) atoms. The van der Waals surface area contributed by atoms with Gasteiger partial charge < -0.3 is 9.84 Å². The molecule has 0 atom stereocenters. The van der Waals surface area contributed by atoms with E-state index in [-0.39, 0.29) is 5.57 Å². The maximum absolute atomic E-state index is 10.5. The number of carbonyl (C=O) groups is 1. The molecule has 0 aliphatic carbocycles. The summed E-state index contributed by atoms with van der Waals surface area (Å²) in [7, 11) is 1.51. The van der Waals surface area contributed by atoms with Crippen molar-refractivity contribution in [1.29, 1.82) is 0 Å². The summed E-state index contributed by atoms with van der Waals surface area (Å²) in [5.41, 5.74) is 0.792. The van der Waals surface area contributed by atoms with Gasteiger partial charge in [0.05, 0.1) is 18.9 Å². The highest BCUT2D eigenvalue weighted by molar-refractivity contribution is 6.07. The van der Waals surface area contributed by atoms with Crippen LogP contribution in [0.15, 0.2) is 30.5 Å². The average Bonchev–Trinajstić information content (AvgIpc) is 2.20. The number of methoxy groups -OCH3 is 1. The first-order chi connectivity index (χ1) is 6.33. The van der Waals surface area contributed by atoms with Crippen molar-refractivity contribution in [3.05, 3.63) is 36.1 Å². The van der Waals surface area contributed by atoms with Crippen molar-refractivity contribution in [3.63, 3.8) is 0 Å². The Bertz CT molecular complexity index is 329. The maximum Gasteiger partial charge on any atom is 0.153 e. The Kier molecular flexibility index (Phi) is 3.09. The van der Waals surface area contributed by atoms with Gasteiger partial charge in [-0.2, -0.15) is 0 Å². The predicted octanol–water partition coefficient (Wildman–Crippen LogP) is 1.79. The van der Waals surface area contributed by atoms with Gasteiger partial charge in [0.25, 0.3) is 0 Å². The number of rotatable bonds is 3. The maximum atomic E-state index is 10.5. The molecule has 0 fully saturated rings. The van der Waals surface area contributed by atoms with E-state index in [1.807, 2.05) is 0 Å². The lowest BCUT2D eigenvalue weighted by Gasteiger charge is -2.05. The molecule has 3 heteroatoms. The quantitative estimate of drug-likeness (QED) is 0.436. The lowest BCUT2D eigenvalue weighted by atomic mass is 10.1. The zero-order valence-corrected chi connectivity index (χ0v) is 7.23. The van der Waals surface area contributed by atoms with E-state index in [0.717, 1.165) is 6.26 Å². The molecule has 0 amide bonds. The minimum absolute atomic E-state index is 0.206. The predicted molar refractivity (Wildman–Crippen MR) is 49.7 cm³/mol. The van der Waals surface area contributed by atoms with Crippen LogP contribution in [0.25, 0.3) is 5.57 Å². The molecular formula is C10H10O3. The van der Waals surface area contributed by atoms with Crippen LogP contribution in [0.4, 0.5) is 0 Å². The van der Waals surface area contributed by atoms with Gasteiger partial charge in [0, 0.05) is 5.56 Å². The zero-order chi connectivity index (χ0) is 9.68. The van der Waals surface area contributed by atoms with Crippen molar-refractivity contribution in [2.24, 2.45) is 0 Å². The minimum Gasteiger partial charge on any atom is -0.515 e. The lowest BCUT2D eigenvalue weighted by Crippen LogP contribution is -1.92. The molecule has 1 N–H and O–H groups in total. The third kappa shape index (κ3) is 1.87. The van der Waals surface area contributed by atoms with Gasteiger partial charge in [0.2, 0.25) is 0 Å². The number of benzene rings is 1. The third-order valence-electron chi connectivity index (χ3n) is 1.68. The number of hydrogen-bond acceptors (Lipinski definition) is 3. The monoisotopic (exact) mass is 178 g/mol. The Morgan fingerprint density at radius 2 is 2.15 bits per heavy atom. The summed E-state index contributed by atoms with van der Waals surface area (Å²) in [6.45, 7) is 0. The van der Waals surface area contributed by atoms with Crippen LogP contribution in [0.1, 0.15) is 5.56 Å². The molecule has 1 aromatic carbocycles. The van der Waals surface area contributed by atoms with Crippen molar-refractivity contribution in [3.8, 4) is 5.75 Å². The van der Waals surface area contributed by atoms with Crippen LogP contribution in [-0.2, 0) is 4.79 Å². The Morgan fingerprint density at radius 3 is 2.69 bits per heavy atom. The van der Waals surface area contributed by atoms with Crippen molar-refractivity contribution in [2.45, 2.75) is 0 Å². The van der Waals surface area contributed by atoms with Crippen molar-refractivity contribution < 1.29 is 14.6 Å². The minimum atomic E-state index is 0.206. The van der Waals surface area contributed by atoms with E-state index < -0.39 is 0 Å². The summed E-state index contributed by atoms with van der Waals surface area (Å²) in [6, 6.07) is 6.99. The first kappa shape index (κ1) is 9.32. The highest BCUT2D eigenvalue weighted by atomic mass is 16.5. The molecule has 0 saturated carbocycles. The first-order valence-electron chi connectivity index (χ1n) is 3.76. The van der Waals surface area contributed by atoms with Crippen molar-refractivity contribution in [2.75, 3.05) is 7.11 Å². The van der Waals surface area contributed by atoms with Gasteiger partial charge in [0.15, 0.2) is 6.29 Å². The summed E-state index contributed by atoms with van der Waals surface area (Å²) in [5, 5.41) is 8.75. The summed E-state index contributed by atoms with van der Waals surface area (Å²) in [6.07, 6.45) is 1.35. The largest absolute Gasteiger partial charge is 0.515 e. The van der Waals surface area contributed by atoms with E-state index >= 15 is 0 Å². The SMILES string of the molecule is COc1ccccc1/C(C=O)=C/O. The molecule has 0 radical (unpaired) electrons. The van der Waals surface area contributed by atoms with Gasteiger partial charge in [-0.3, -0.25) is 4.79 Å². The second kappa shape index (κ2) is 4.30. The van der Waals surface area contributed by atoms with E-state index in [1.165, 1.54) is 7.11 Å². The van der Waals surface area contributed by atoms with Crippen LogP contribution >= 0.6 is 0 Å². The molecule has 0 unspecified atom stereocenters. The van der Waals surface area contributed by atoms with Gasteiger partial charge in [0.1, 0.15) is 5.75 Å². The van der Waals surface area contributed by atoms with Crippen molar-refractivity contribution in [1.82, 2.24) is 0 Å².